The van der Waals surface area contributed by atoms with Crippen molar-refractivity contribution >= 4 is 11.6 Å². The Labute approximate surface area is 83.3 Å². The molecule has 0 aliphatic carbocycles. The fourth-order valence-corrected chi connectivity index (χ4v) is 1.26. The number of hydrogen-bond donors (Lipinski definition) is 2. The highest BCUT2D eigenvalue weighted by molar-refractivity contribution is 6.30. The maximum atomic E-state index is 9.71. The van der Waals surface area contributed by atoms with Gasteiger partial charge in [0.05, 0.1) is 6.10 Å². The fraction of sp³-hybridized carbons (Fsp3) is 0.400. The second-order valence-electron chi connectivity index (χ2n) is 3.07. The highest BCUT2D eigenvalue weighted by atomic mass is 35.5. The normalized spacial score (nSPS) is 15.4. The SMILES string of the molecule is CC[C@H](N)[C@@H](O)c1ccc(Cl)cc1. The summed E-state index contributed by atoms with van der Waals surface area (Å²) in [5.74, 6) is 0. The summed E-state index contributed by atoms with van der Waals surface area (Å²) in [5.41, 5.74) is 6.52. The minimum absolute atomic E-state index is 0.207. The van der Waals surface area contributed by atoms with E-state index in [0.717, 1.165) is 12.0 Å². The molecule has 72 valence electrons. The van der Waals surface area contributed by atoms with E-state index < -0.39 is 6.10 Å². The van der Waals surface area contributed by atoms with Crippen LogP contribution in [0.2, 0.25) is 5.02 Å². The summed E-state index contributed by atoms with van der Waals surface area (Å²) in [7, 11) is 0. The Hall–Kier alpha value is -0.570. The van der Waals surface area contributed by atoms with Gasteiger partial charge in [-0.1, -0.05) is 30.7 Å². The van der Waals surface area contributed by atoms with Crippen LogP contribution in [-0.4, -0.2) is 11.1 Å². The van der Waals surface area contributed by atoms with Crippen molar-refractivity contribution in [2.24, 2.45) is 5.73 Å². The summed E-state index contributed by atoms with van der Waals surface area (Å²) < 4.78 is 0. The first-order chi connectivity index (χ1) is 6.15. The molecule has 0 spiro atoms. The van der Waals surface area contributed by atoms with Gasteiger partial charge < -0.3 is 10.8 Å². The number of nitrogens with two attached hydrogens (primary N) is 1. The average Bonchev–Trinajstić information content (AvgIpc) is 2.17. The Morgan fingerprint density at radius 3 is 2.38 bits per heavy atom. The van der Waals surface area contributed by atoms with Crippen LogP contribution in [0.4, 0.5) is 0 Å². The maximum Gasteiger partial charge on any atom is 0.0940 e. The molecular weight excluding hydrogens is 186 g/mol. The number of hydrogen-bond acceptors (Lipinski definition) is 2. The first-order valence-electron chi connectivity index (χ1n) is 4.34. The van der Waals surface area contributed by atoms with Gasteiger partial charge in [0.15, 0.2) is 0 Å². The van der Waals surface area contributed by atoms with E-state index in [9.17, 15) is 5.11 Å². The lowest BCUT2D eigenvalue weighted by Gasteiger charge is -2.17. The lowest BCUT2D eigenvalue weighted by molar-refractivity contribution is 0.144. The van der Waals surface area contributed by atoms with E-state index in [2.05, 4.69) is 0 Å². The molecule has 1 aromatic carbocycles. The van der Waals surface area contributed by atoms with E-state index in [1.807, 2.05) is 6.92 Å². The maximum absolute atomic E-state index is 9.71. The van der Waals surface area contributed by atoms with E-state index in [-0.39, 0.29) is 6.04 Å². The molecule has 0 bridgehead atoms. The van der Waals surface area contributed by atoms with Crippen molar-refractivity contribution in [2.45, 2.75) is 25.5 Å². The standard InChI is InChI=1S/C10H14ClNO/c1-2-9(12)10(13)7-3-5-8(11)6-4-7/h3-6,9-10,13H,2,12H2,1H3/t9-,10-/m0/s1. The second kappa shape index (κ2) is 4.61. The van der Waals surface area contributed by atoms with Crippen molar-refractivity contribution in [3.63, 3.8) is 0 Å². The molecule has 0 aromatic heterocycles. The van der Waals surface area contributed by atoms with Crippen molar-refractivity contribution in [3.05, 3.63) is 34.9 Å². The van der Waals surface area contributed by atoms with Gasteiger partial charge in [-0.25, -0.2) is 0 Å². The zero-order valence-corrected chi connectivity index (χ0v) is 8.33. The van der Waals surface area contributed by atoms with Crippen LogP contribution >= 0.6 is 11.6 Å². The van der Waals surface area contributed by atoms with Gasteiger partial charge in [-0.2, -0.15) is 0 Å². The van der Waals surface area contributed by atoms with Gasteiger partial charge in [0.1, 0.15) is 0 Å². The number of benzene rings is 1. The van der Waals surface area contributed by atoms with Crippen molar-refractivity contribution in [3.8, 4) is 0 Å². The van der Waals surface area contributed by atoms with Crippen LogP contribution in [0.5, 0.6) is 0 Å². The van der Waals surface area contributed by atoms with E-state index in [1.165, 1.54) is 0 Å². The molecule has 13 heavy (non-hydrogen) atoms. The minimum atomic E-state index is -0.595. The molecule has 0 radical (unpaired) electrons. The highest BCUT2D eigenvalue weighted by Gasteiger charge is 2.14. The average molecular weight is 200 g/mol. The van der Waals surface area contributed by atoms with E-state index in [0.29, 0.717) is 5.02 Å². The molecule has 3 N–H and O–H groups in total. The van der Waals surface area contributed by atoms with Gasteiger partial charge in [0, 0.05) is 11.1 Å². The van der Waals surface area contributed by atoms with Gasteiger partial charge in [0.2, 0.25) is 0 Å². The summed E-state index contributed by atoms with van der Waals surface area (Å²) in [4.78, 5) is 0. The number of halogens is 1. The molecular formula is C10H14ClNO. The van der Waals surface area contributed by atoms with Crippen molar-refractivity contribution in [1.29, 1.82) is 0 Å². The Morgan fingerprint density at radius 1 is 1.38 bits per heavy atom. The predicted molar refractivity (Wildman–Crippen MR) is 54.7 cm³/mol. The van der Waals surface area contributed by atoms with Crippen molar-refractivity contribution in [1.82, 2.24) is 0 Å². The van der Waals surface area contributed by atoms with Crippen LogP contribution < -0.4 is 5.73 Å². The van der Waals surface area contributed by atoms with Gasteiger partial charge in [0.25, 0.3) is 0 Å². The molecule has 0 saturated carbocycles. The second-order valence-corrected chi connectivity index (χ2v) is 3.50. The summed E-state index contributed by atoms with van der Waals surface area (Å²) in [6.45, 7) is 1.95. The number of aliphatic hydroxyl groups is 1. The van der Waals surface area contributed by atoms with Crippen LogP contribution in [0, 0.1) is 0 Å². The third kappa shape index (κ3) is 2.69. The third-order valence-electron chi connectivity index (χ3n) is 2.09. The van der Waals surface area contributed by atoms with E-state index >= 15 is 0 Å². The Morgan fingerprint density at radius 2 is 1.92 bits per heavy atom. The van der Waals surface area contributed by atoms with Gasteiger partial charge in [-0.3, -0.25) is 0 Å². The molecule has 2 atom stereocenters. The van der Waals surface area contributed by atoms with Crippen molar-refractivity contribution in [2.75, 3.05) is 0 Å². The van der Waals surface area contributed by atoms with Crippen LogP contribution in [-0.2, 0) is 0 Å². The third-order valence-corrected chi connectivity index (χ3v) is 2.34. The largest absolute Gasteiger partial charge is 0.387 e. The first-order valence-corrected chi connectivity index (χ1v) is 4.72. The van der Waals surface area contributed by atoms with E-state index in [1.54, 1.807) is 24.3 Å². The van der Waals surface area contributed by atoms with Gasteiger partial charge >= 0.3 is 0 Å². The number of aliphatic hydroxyl groups excluding tert-OH is 1. The molecule has 0 amide bonds. The molecule has 1 aromatic rings. The number of rotatable bonds is 3. The molecule has 0 unspecified atom stereocenters. The Bertz CT molecular complexity index is 260. The lowest BCUT2D eigenvalue weighted by Crippen LogP contribution is -2.27. The zero-order valence-electron chi connectivity index (χ0n) is 7.57. The summed E-state index contributed by atoms with van der Waals surface area (Å²) in [6.07, 6.45) is 0.159. The summed E-state index contributed by atoms with van der Waals surface area (Å²) >= 11 is 5.72. The first kappa shape index (κ1) is 10.5. The topological polar surface area (TPSA) is 46.2 Å². The monoisotopic (exact) mass is 199 g/mol. The zero-order chi connectivity index (χ0) is 9.84. The molecule has 0 saturated heterocycles. The smallest absolute Gasteiger partial charge is 0.0940 e. The molecule has 1 rings (SSSR count). The summed E-state index contributed by atoms with van der Waals surface area (Å²) in [5, 5.41) is 10.4. The molecule has 0 aliphatic rings. The van der Waals surface area contributed by atoms with Crippen LogP contribution in [0.25, 0.3) is 0 Å². The lowest BCUT2D eigenvalue weighted by atomic mass is 10.0. The molecule has 2 nitrogen and oxygen atoms in total. The predicted octanol–water partition coefficient (Wildman–Crippen LogP) is 2.11. The Kier molecular flexibility index (Phi) is 3.72. The van der Waals surface area contributed by atoms with Crippen molar-refractivity contribution < 1.29 is 5.11 Å². The highest BCUT2D eigenvalue weighted by Crippen LogP contribution is 2.19. The molecule has 0 fully saturated rings. The fourth-order valence-electron chi connectivity index (χ4n) is 1.13. The van der Waals surface area contributed by atoms with E-state index in [4.69, 9.17) is 17.3 Å². The van der Waals surface area contributed by atoms with Gasteiger partial charge in [-0.05, 0) is 24.1 Å². The molecule has 0 aliphatic heterocycles. The van der Waals surface area contributed by atoms with Crippen LogP contribution in [0.15, 0.2) is 24.3 Å². The van der Waals surface area contributed by atoms with Crippen LogP contribution in [0.1, 0.15) is 25.0 Å². The molecule has 3 heteroatoms. The Balaban J connectivity index is 2.77. The molecule has 0 heterocycles. The minimum Gasteiger partial charge on any atom is -0.387 e. The van der Waals surface area contributed by atoms with Gasteiger partial charge in [-0.15, -0.1) is 0 Å². The van der Waals surface area contributed by atoms with Crippen LogP contribution in [0.3, 0.4) is 0 Å². The quantitative estimate of drug-likeness (QED) is 0.784. The summed E-state index contributed by atoms with van der Waals surface area (Å²) in [6, 6.07) is 6.89.